The largest absolute Gasteiger partial charge is 0.382 e. The molecule has 0 radical (unpaired) electrons. The SMILES string of the molecule is Cc1nc(N)c(C(O)c2ccc(Cl)cc2)nc1C. The number of nitrogens with zero attached hydrogens (tertiary/aromatic N) is 2. The molecule has 0 amide bonds. The average Bonchev–Trinajstić information content (AvgIpc) is 2.34. The third-order valence-electron chi connectivity index (χ3n) is 2.81. The zero-order valence-electron chi connectivity index (χ0n) is 10.2. The predicted octanol–water partition coefficient (Wildman–Crippen LogP) is 2.41. The lowest BCUT2D eigenvalue weighted by Gasteiger charge is -2.14. The molecule has 1 unspecified atom stereocenters. The molecule has 0 saturated heterocycles. The van der Waals surface area contributed by atoms with Crippen LogP contribution in [0.1, 0.15) is 28.7 Å². The summed E-state index contributed by atoms with van der Waals surface area (Å²) in [5.41, 5.74) is 8.38. The first-order valence-corrected chi connectivity index (χ1v) is 5.91. The summed E-state index contributed by atoms with van der Waals surface area (Å²) in [5.74, 6) is 0.251. The molecule has 5 heteroatoms. The Morgan fingerprint density at radius 3 is 2.28 bits per heavy atom. The number of halogens is 1. The van der Waals surface area contributed by atoms with Crippen LogP contribution >= 0.6 is 11.6 Å². The zero-order chi connectivity index (χ0) is 13.3. The minimum absolute atomic E-state index is 0.251. The van der Waals surface area contributed by atoms with E-state index >= 15 is 0 Å². The minimum Gasteiger partial charge on any atom is -0.382 e. The molecule has 2 rings (SSSR count). The van der Waals surface area contributed by atoms with E-state index in [2.05, 4.69) is 9.97 Å². The molecule has 0 spiro atoms. The number of nitrogen functional groups attached to an aromatic ring is 1. The summed E-state index contributed by atoms with van der Waals surface area (Å²) in [5, 5.41) is 10.9. The fourth-order valence-corrected chi connectivity index (χ4v) is 1.77. The van der Waals surface area contributed by atoms with E-state index in [4.69, 9.17) is 17.3 Å². The molecule has 0 fully saturated rings. The fourth-order valence-electron chi connectivity index (χ4n) is 1.64. The Labute approximate surface area is 110 Å². The van der Waals surface area contributed by atoms with E-state index in [0.29, 0.717) is 16.3 Å². The molecule has 4 nitrogen and oxygen atoms in total. The van der Waals surface area contributed by atoms with Gasteiger partial charge in [-0.05, 0) is 31.5 Å². The van der Waals surface area contributed by atoms with Gasteiger partial charge in [-0.15, -0.1) is 0 Å². The second-order valence-corrected chi connectivity index (χ2v) is 4.56. The van der Waals surface area contributed by atoms with Crippen molar-refractivity contribution in [3.63, 3.8) is 0 Å². The van der Waals surface area contributed by atoms with E-state index in [-0.39, 0.29) is 5.82 Å². The van der Waals surface area contributed by atoms with Crippen LogP contribution in [0.5, 0.6) is 0 Å². The minimum atomic E-state index is -0.894. The molecular weight excluding hydrogens is 250 g/mol. The van der Waals surface area contributed by atoms with Gasteiger partial charge in [0.15, 0.2) is 0 Å². The van der Waals surface area contributed by atoms with Crippen LogP contribution in [-0.4, -0.2) is 15.1 Å². The molecule has 1 heterocycles. The number of rotatable bonds is 2. The number of aliphatic hydroxyl groups excluding tert-OH is 1. The zero-order valence-corrected chi connectivity index (χ0v) is 10.9. The fraction of sp³-hybridized carbons (Fsp3) is 0.231. The van der Waals surface area contributed by atoms with Crippen molar-refractivity contribution in [3.05, 3.63) is 51.9 Å². The summed E-state index contributed by atoms with van der Waals surface area (Å²) < 4.78 is 0. The molecule has 0 aliphatic rings. The summed E-state index contributed by atoms with van der Waals surface area (Å²) >= 11 is 5.81. The van der Waals surface area contributed by atoms with Crippen molar-refractivity contribution >= 4 is 17.4 Å². The van der Waals surface area contributed by atoms with Gasteiger partial charge in [-0.1, -0.05) is 23.7 Å². The number of hydrogen-bond acceptors (Lipinski definition) is 4. The Balaban J connectivity index is 2.42. The van der Waals surface area contributed by atoms with Crippen LogP contribution < -0.4 is 5.73 Å². The first-order chi connectivity index (χ1) is 8.49. The van der Waals surface area contributed by atoms with Crippen LogP contribution in [0.3, 0.4) is 0 Å². The smallest absolute Gasteiger partial charge is 0.148 e. The lowest BCUT2D eigenvalue weighted by Crippen LogP contribution is -2.10. The van der Waals surface area contributed by atoms with Gasteiger partial charge in [-0.3, -0.25) is 0 Å². The Kier molecular flexibility index (Phi) is 3.50. The summed E-state index contributed by atoms with van der Waals surface area (Å²) in [7, 11) is 0. The van der Waals surface area contributed by atoms with E-state index in [1.165, 1.54) is 0 Å². The maximum Gasteiger partial charge on any atom is 0.148 e. The molecule has 0 aliphatic carbocycles. The van der Waals surface area contributed by atoms with Crippen molar-refractivity contribution in [2.45, 2.75) is 20.0 Å². The standard InChI is InChI=1S/C13H14ClN3O/c1-7-8(2)17-13(15)11(16-7)12(18)9-3-5-10(14)6-4-9/h3-6,12,18H,1-2H3,(H2,15,17). The highest BCUT2D eigenvalue weighted by Gasteiger charge is 2.17. The lowest BCUT2D eigenvalue weighted by molar-refractivity contribution is 0.215. The van der Waals surface area contributed by atoms with Crippen molar-refractivity contribution in [2.24, 2.45) is 0 Å². The van der Waals surface area contributed by atoms with Gasteiger partial charge in [0.2, 0.25) is 0 Å². The molecule has 94 valence electrons. The van der Waals surface area contributed by atoms with Gasteiger partial charge < -0.3 is 10.8 Å². The number of benzene rings is 1. The van der Waals surface area contributed by atoms with Gasteiger partial charge in [0.1, 0.15) is 17.6 Å². The van der Waals surface area contributed by atoms with Crippen LogP contribution in [0.4, 0.5) is 5.82 Å². The topological polar surface area (TPSA) is 72.0 Å². The highest BCUT2D eigenvalue weighted by Crippen LogP contribution is 2.25. The van der Waals surface area contributed by atoms with E-state index in [0.717, 1.165) is 11.4 Å². The maximum absolute atomic E-state index is 10.3. The van der Waals surface area contributed by atoms with Crippen molar-refractivity contribution in [1.82, 2.24) is 9.97 Å². The van der Waals surface area contributed by atoms with E-state index in [1.54, 1.807) is 24.3 Å². The van der Waals surface area contributed by atoms with Crippen LogP contribution in [0.25, 0.3) is 0 Å². The summed E-state index contributed by atoms with van der Waals surface area (Å²) in [6.07, 6.45) is -0.894. The molecule has 0 bridgehead atoms. The highest BCUT2D eigenvalue weighted by molar-refractivity contribution is 6.30. The maximum atomic E-state index is 10.3. The third kappa shape index (κ3) is 2.44. The molecule has 0 aliphatic heterocycles. The van der Waals surface area contributed by atoms with Crippen molar-refractivity contribution in [3.8, 4) is 0 Å². The van der Waals surface area contributed by atoms with E-state index in [9.17, 15) is 5.11 Å². The second-order valence-electron chi connectivity index (χ2n) is 4.12. The second kappa shape index (κ2) is 4.92. The van der Waals surface area contributed by atoms with E-state index in [1.807, 2.05) is 13.8 Å². The van der Waals surface area contributed by atoms with Gasteiger partial charge in [0, 0.05) is 5.02 Å². The first-order valence-electron chi connectivity index (χ1n) is 5.53. The van der Waals surface area contributed by atoms with Gasteiger partial charge in [0.25, 0.3) is 0 Å². The predicted molar refractivity (Wildman–Crippen MR) is 71.4 cm³/mol. The molecule has 3 N–H and O–H groups in total. The summed E-state index contributed by atoms with van der Waals surface area (Å²) in [6.45, 7) is 3.66. The Bertz CT molecular complexity index is 569. The molecule has 1 aromatic heterocycles. The lowest BCUT2D eigenvalue weighted by atomic mass is 10.1. The van der Waals surface area contributed by atoms with Gasteiger partial charge in [0.05, 0.1) is 11.4 Å². The number of nitrogens with two attached hydrogens (primary N) is 1. The monoisotopic (exact) mass is 263 g/mol. The average molecular weight is 264 g/mol. The van der Waals surface area contributed by atoms with Gasteiger partial charge in [-0.25, -0.2) is 9.97 Å². The van der Waals surface area contributed by atoms with E-state index < -0.39 is 6.10 Å². The number of hydrogen-bond donors (Lipinski definition) is 2. The van der Waals surface area contributed by atoms with Crippen LogP contribution in [0, 0.1) is 13.8 Å². The van der Waals surface area contributed by atoms with Crippen LogP contribution in [0.15, 0.2) is 24.3 Å². The molecule has 0 saturated carbocycles. The highest BCUT2D eigenvalue weighted by atomic mass is 35.5. The Morgan fingerprint density at radius 1 is 1.11 bits per heavy atom. The Hall–Kier alpha value is -1.65. The van der Waals surface area contributed by atoms with Gasteiger partial charge in [-0.2, -0.15) is 0 Å². The number of aromatic nitrogens is 2. The van der Waals surface area contributed by atoms with Gasteiger partial charge >= 0.3 is 0 Å². The van der Waals surface area contributed by atoms with Crippen LogP contribution in [-0.2, 0) is 0 Å². The first kappa shape index (κ1) is 12.8. The van der Waals surface area contributed by atoms with Crippen molar-refractivity contribution in [2.75, 3.05) is 5.73 Å². The Morgan fingerprint density at radius 2 is 1.67 bits per heavy atom. The third-order valence-corrected chi connectivity index (χ3v) is 3.06. The molecule has 2 aromatic rings. The molecule has 1 aromatic carbocycles. The summed E-state index contributed by atoms with van der Waals surface area (Å²) in [6, 6.07) is 6.90. The number of aliphatic hydroxyl groups is 1. The number of aryl methyl sites for hydroxylation is 2. The summed E-state index contributed by atoms with van der Waals surface area (Å²) in [4.78, 5) is 8.47. The van der Waals surface area contributed by atoms with Crippen LogP contribution in [0.2, 0.25) is 5.02 Å². The molecule has 18 heavy (non-hydrogen) atoms. The molecular formula is C13H14ClN3O. The van der Waals surface area contributed by atoms with Crippen molar-refractivity contribution in [1.29, 1.82) is 0 Å². The van der Waals surface area contributed by atoms with Crippen molar-refractivity contribution < 1.29 is 5.11 Å². The molecule has 1 atom stereocenters. The quantitative estimate of drug-likeness (QED) is 0.873. The number of anilines is 1. The normalized spacial score (nSPS) is 12.4.